The quantitative estimate of drug-likeness (QED) is 0.807. The Bertz CT molecular complexity index is 907. The van der Waals surface area contributed by atoms with Gasteiger partial charge in [0.1, 0.15) is 5.75 Å². The molecule has 1 saturated heterocycles. The van der Waals surface area contributed by atoms with Crippen molar-refractivity contribution in [2.75, 3.05) is 25.2 Å². The summed E-state index contributed by atoms with van der Waals surface area (Å²) in [5.41, 5.74) is 1.58. The molecule has 8 heteroatoms. The molecule has 1 amide bonds. The molecule has 1 fully saturated rings. The van der Waals surface area contributed by atoms with E-state index < -0.39 is 21.8 Å². The van der Waals surface area contributed by atoms with Crippen LogP contribution in [0.25, 0.3) is 0 Å². The summed E-state index contributed by atoms with van der Waals surface area (Å²) < 4.78 is 31.2. The molecule has 0 bridgehead atoms. The van der Waals surface area contributed by atoms with Crippen molar-refractivity contribution in [1.82, 2.24) is 14.7 Å². The Kier molecular flexibility index (Phi) is 5.04. The van der Waals surface area contributed by atoms with E-state index in [4.69, 9.17) is 4.74 Å². The van der Waals surface area contributed by atoms with Crippen molar-refractivity contribution in [3.63, 3.8) is 0 Å². The SMILES string of the molecule is COc1cccc([C@@H](C)C(=O)N2CCS(=O)(=O)C[C@H]2c2cnn(C)c2)c1. The average Bonchev–Trinajstić information content (AvgIpc) is 3.06. The van der Waals surface area contributed by atoms with Crippen molar-refractivity contribution in [2.24, 2.45) is 7.05 Å². The van der Waals surface area contributed by atoms with Crippen LogP contribution in [-0.4, -0.2) is 54.2 Å². The molecule has 0 saturated carbocycles. The number of hydrogen-bond acceptors (Lipinski definition) is 5. The second kappa shape index (κ2) is 7.11. The fraction of sp³-hybridized carbons (Fsp3) is 0.444. The zero-order valence-corrected chi connectivity index (χ0v) is 15.9. The van der Waals surface area contributed by atoms with Crippen LogP contribution in [0, 0.1) is 0 Å². The fourth-order valence-corrected chi connectivity index (χ4v) is 4.76. The van der Waals surface area contributed by atoms with Crippen LogP contribution in [0.3, 0.4) is 0 Å². The number of hydrogen-bond donors (Lipinski definition) is 0. The van der Waals surface area contributed by atoms with Crippen LogP contribution in [0.15, 0.2) is 36.7 Å². The molecule has 1 aromatic heterocycles. The zero-order valence-electron chi connectivity index (χ0n) is 15.1. The number of aryl methyl sites for hydroxylation is 1. The topological polar surface area (TPSA) is 81.5 Å². The van der Waals surface area contributed by atoms with Gasteiger partial charge in [0, 0.05) is 25.4 Å². The van der Waals surface area contributed by atoms with Gasteiger partial charge in [0.2, 0.25) is 5.91 Å². The summed E-state index contributed by atoms with van der Waals surface area (Å²) >= 11 is 0. The van der Waals surface area contributed by atoms with E-state index in [1.165, 1.54) is 0 Å². The molecule has 2 heterocycles. The molecular formula is C18H23N3O4S. The van der Waals surface area contributed by atoms with E-state index in [1.54, 1.807) is 36.1 Å². The van der Waals surface area contributed by atoms with Crippen molar-refractivity contribution in [2.45, 2.75) is 18.9 Å². The lowest BCUT2D eigenvalue weighted by Gasteiger charge is -2.36. The van der Waals surface area contributed by atoms with Gasteiger partial charge in [-0.15, -0.1) is 0 Å². The summed E-state index contributed by atoms with van der Waals surface area (Å²) in [4.78, 5) is 14.8. The standard InChI is InChI=1S/C18H23N3O4S/c1-13(14-5-4-6-16(9-14)25-3)18(22)21-7-8-26(23,24)12-17(21)15-10-19-20(2)11-15/h4-6,9-11,13,17H,7-8,12H2,1-3H3/t13-,17+/m1/s1. The highest BCUT2D eigenvalue weighted by Gasteiger charge is 2.37. The minimum Gasteiger partial charge on any atom is -0.497 e. The highest BCUT2D eigenvalue weighted by atomic mass is 32.2. The first-order valence-electron chi connectivity index (χ1n) is 8.44. The molecule has 1 aromatic carbocycles. The van der Waals surface area contributed by atoms with E-state index in [2.05, 4.69) is 5.10 Å². The first-order valence-corrected chi connectivity index (χ1v) is 10.3. The van der Waals surface area contributed by atoms with Crippen LogP contribution in [0.5, 0.6) is 5.75 Å². The summed E-state index contributed by atoms with van der Waals surface area (Å²) in [5, 5.41) is 4.13. The summed E-state index contributed by atoms with van der Waals surface area (Å²) in [5.74, 6) is 0.106. The molecule has 140 valence electrons. The summed E-state index contributed by atoms with van der Waals surface area (Å²) in [6, 6.07) is 6.87. The Balaban J connectivity index is 1.90. The molecule has 0 spiro atoms. The van der Waals surface area contributed by atoms with Gasteiger partial charge in [0.25, 0.3) is 0 Å². The Hall–Kier alpha value is -2.35. The third kappa shape index (κ3) is 3.75. The lowest BCUT2D eigenvalue weighted by atomic mass is 9.98. The van der Waals surface area contributed by atoms with Crippen LogP contribution in [0.2, 0.25) is 0 Å². The lowest BCUT2D eigenvalue weighted by molar-refractivity contribution is -0.134. The average molecular weight is 377 g/mol. The molecule has 7 nitrogen and oxygen atoms in total. The Morgan fingerprint density at radius 2 is 2.15 bits per heavy atom. The number of methoxy groups -OCH3 is 1. The smallest absolute Gasteiger partial charge is 0.230 e. The first kappa shape index (κ1) is 18.4. The fourth-order valence-electron chi connectivity index (χ4n) is 3.26. The lowest BCUT2D eigenvalue weighted by Crippen LogP contribution is -2.47. The van der Waals surface area contributed by atoms with Gasteiger partial charge >= 0.3 is 0 Å². The predicted octanol–water partition coefficient (Wildman–Crippen LogP) is 1.53. The van der Waals surface area contributed by atoms with Gasteiger partial charge in [-0.2, -0.15) is 5.10 Å². The number of nitrogens with zero attached hydrogens (tertiary/aromatic N) is 3. The summed E-state index contributed by atoms with van der Waals surface area (Å²) in [6.07, 6.45) is 3.39. The van der Waals surface area contributed by atoms with E-state index in [0.717, 1.165) is 11.1 Å². The van der Waals surface area contributed by atoms with Crippen LogP contribution in [-0.2, 0) is 21.7 Å². The number of benzene rings is 1. The van der Waals surface area contributed by atoms with E-state index in [0.29, 0.717) is 5.75 Å². The van der Waals surface area contributed by atoms with Gasteiger partial charge in [-0.3, -0.25) is 9.48 Å². The van der Waals surface area contributed by atoms with Gasteiger partial charge in [-0.05, 0) is 24.6 Å². The van der Waals surface area contributed by atoms with E-state index in [1.807, 2.05) is 31.2 Å². The van der Waals surface area contributed by atoms with Gasteiger partial charge < -0.3 is 9.64 Å². The molecule has 3 rings (SSSR count). The molecule has 1 aliphatic rings. The summed E-state index contributed by atoms with van der Waals surface area (Å²) in [7, 11) is 0.163. The molecule has 26 heavy (non-hydrogen) atoms. The van der Waals surface area contributed by atoms with Gasteiger partial charge in [-0.25, -0.2) is 8.42 Å². The van der Waals surface area contributed by atoms with Gasteiger partial charge in [0.15, 0.2) is 9.84 Å². The number of aromatic nitrogens is 2. The Labute approximate surface area is 153 Å². The van der Waals surface area contributed by atoms with E-state index in [-0.39, 0.29) is 24.0 Å². The predicted molar refractivity (Wildman–Crippen MR) is 97.7 cm³/mol. The molecular weight excluding hydrogens is 354 g/mol. The van der Waals surface area contributed by atoms with Crippen molar-refractivity contribution in [3.8, 4) is 5.75 Å². The molecule has 1 aliphatic heterocycles. The molecule has 0 radical (unpaired) electrons. The minimum atomic E-state index is -3.19. The largest absolute Gasteiger partial charge is 0.497 e. The molecule has 0 unspecified atom stereocenters. The molecule has 0 N–H and O–H groups in total. The molecule has 2 aromatic rings. The Morgan fingerprint density at radius 1 is 1.38 bits per heavy atom. The normalized spacial score (nSPS) is 20.6. The van der Waals surface area contributed by atoms with Gasteiger partial charge in [0.05, 0.1) is 36.8 Å². The van der Waals surface area contributed by atoms with Crippen molar-refractivity contribution in [3.05, 3.63) is 47.8 Å². The van der Waals surface area contributed by atoms with Gasteiger partial charge in [-0.1, -0.05) is 12.1 Å². The highest BCUT2D eigenvalue weighted by molar-refractivity contribution is 7.91. The van der Waals surface area contributed by atoms with Crippen LogP contribution >= 0.6 is 0 Å². The second-order valence-electron chi connectivity index (χ2n) is 6.61. The monoisotopic (exact) mass is 377 g/mol. The maximum atomic E-state index is 13.2. The number of rotatable bonds is 4. The highest BCUT2D eigenvalue weighted by Crippen LogP contribution is 2.31. The van der Waals surface area contributed by atoms with E-state index >= 15 is 0 Å². The van der Waals surface area contributed by atoms with Crippen LogP contribution in [0.1, 0.15) is 30.0 Å². The van der Waals surface area contributed by atoms with Crippen molar-refractivity contribution in [1.29, 1.82) is 0 Å². The maximum absolute atomic E-state index is 13.2. The van der Waals surface area contributed by atoms with Crippen LogP contribution < -0.4 is 4.74 Å². The molecule has 2 atom stereocenters. The number of carbonyl (C=O) groups is 1. The number of carbonyl (C=O) groups excluding carboxylic acids is 1. The summed E-state index contributed by atoms with van der Waals surface area (Å²) in [6.45, 7) is 2.02. The third-order valence-corrected chi connectivity index (χ3v) is 6.42. The number of ether oxygens (including phenoxy) is 1. The minimum absolute atomic E-state index is 0.0136. The van der Waals surface area contributed by atoms with Crippen LogP contribution in [0.4, 0.5) is 0 Å². The Morgan fingerprint density at radius 3 is 2.81 bits per heavy atom. The second-order valence-corrected chi connectivity index (χ2v) is 8.84. The third-order valence-electron chi connectivity index (χ3n) is 4.79. The number of sulfone groups is 1. The first-order chi connectivity index (χ1) is 12.3. The van der Waals surface area contributed by atoms with Crippen molar-refractivity contribution < 1.29 is 17.9 Å². The number of amides is 1. The van der Waals surface area contributed by atoms with Crippen molar-refractivity contribution >= 4 is 15.7 Å². The zero-order chi connectivity index (χ0) is 18.9. The molecule has 0 aliphatic carbocycles. The van der Waals surface area contributed by atoms with E-state index in [9.17, 15) is 13.2 Å². The maximum Gasteiger partial charge on any atom is 0.230 e.